The van der Waals surface area contributed by atoms with Crippen molar-refractivity contribution in [2.24, 2.45) is 0 Å². The first kappa shape index (κ1) is 27.5. The van der Waals surface area contributed by atoms with Gasteiger partial charge in [-0.2, -0.15) is 0 Å². The average Bonchev–Trinajstić information content (AvgIpc) is 2.86. The van der Waals surface area contributed by atoms with Gasteiger partial charge >= 0.3 is 5.97 Å². The van der Waals surface area contributed by atoms with Gasteiger partial charge in [0.1, 0.15) is 17.2 Å². The van der Waals surface area contributed by atoms with Crippen LogP contribution in [0.4, 0.5) is 0 Å². The fourth-order valence-corrected chi connectivity index (χ4v) is 3.53. The number of ether oxygens (including phenoxy) is 3. The summed E-state index contributed by atoms with van der Waals surface area (Å²) in [5.41, 5.74) is 0.923. The normalized spacial score (nSPS) is 11.0. The molecule has 2 aromatic carbocycles. The molecular weight excluding hydrogens is 424 g/mol. The fraction of sp³-hybridized carbons (Fsp3) is 0.500. The molecule has 186 valence electrons. The minimum atomic E-state index is -0.412. The summed E-state index contributed by atoms with van der Waals surface area (Å²) in [6.45, 7) is 5.83. The van der Waals surface area contributed by atoms with Crippen molar-refractivity contribution in [3.05, 3.63) is 60.2 Å². The second-order valence-electron chi connectivity index (χ2n) is 8.67. The van der Waals surface area contributed by atoms with E-state index in [1.807, 2.05) is 36.4 Å². The molecule has 0 radical (unpaired) electrons. The smallest absolute Gasteiger partial charge is 0.336 e. The van der Waals surface area contributed by atoms with Crippen LogP contribution in [0.3, 0.4) is 0 Å². The second kappa shape index (κ2) is 17.7. The molecule has 34 heavy (non-hydrogen) atoms. The third-order valence-electron chi connectivity index (χ3n) is 5.62. The predicted octanol–water partition coefficient (Wildman–Crippen LogP) is 8.39. The van der Waals surface area contributed by atoms with Crippen LogP contribution >= 0.6 is 0 Å². The van der Waals surface area contributed by atoms with Crippen LogP contribution in [-0.2, 0) is 4.79 Å². The van der Waals surface area contributed by atoms with E-state index < -0.39 is 5.97 Å². The summed E-state index contributed by atoms with van der Waals surface area (Å²) < 4.78 is 16.8. The molecule has 0 bridgehead atoms. The van der Waals surface area contributed by atoms with E-state index in [-0.39, 0.29) is 0 Å². The molecule has 0 spiro atoms. The molecule has 0 heterocycles. The van der Waals surface area contributed by atoms with E-state index in [0.717, 1.165) is 42.9 Å². The van der Waals surface area contributed by atoms with Gasteiger partial charge in [0.25, 0.3) is 0 Å². The first-order chi connectivity index (χ1) is 16.7. The van der Waals surface area contributed by atoms with Crippen molar-refractivity contribution in [2.45, 2.75) is 84.5 Å². The molecule has 4 nitrogen and oxygen atoms in total. The van der Waals surface area contributed by atoms with Crippen molar-refractivity contribution in [3.8, 4) is 17.2 Å². The summed E-state index contributed by atoms with van der Waals surface area (Å²) in [5, 5.41) is 0. The van der Waals surface area contributed by atoms with E-state index in [0.29, 0.717) is 12.4 Å². The van der Waals surface area contributed by atoms with Crippen molar-refractivity contribution in [1.82, 2.24) is 0 Å². The van der Waals surface area contributed by atoms with Gasteiger partial charge in [-0.3, -0.25) is 0 Å². The highest BCUT2D eigenvalue weighted by atomic mass is 16.5. The fourth-order valence-electron chi connectivity index (χ4n) is 3.53. The lowest BCUT2D eigenvalue weighted by atomic mass is 10.1. The van der Waals surface area contributed by atoms with E-state index >= 15 is 0 Å². The van der Waals surface area contributed by atoms with Gasteiger partial charge in [0.15, 0.2) is 0 Å². The quantitative estimate of drug-likeness (QED) is 0.0957. The number of carbonyl (C=O) groups excluding carboxylic acids is 1. The molecule has 0 saturated heterocycles. The van der Waals surface area contributed by atoms with Crippen molar-refractivity contribution < 1.29 is 19.0 Å². The standard InChI is InChI=1S/C30H42O4/c1-3-5-7-8-9-10-11-12-13-25-33-27-17-14-26(15-18-27)16-23-30(31)34-29-21-19-28(20-22-29)32-24-6-4-2/h14-23H,3-13,24-25H2,1-2H3. The van der Waals surface area contributed by atoms with Gasteiger partial charge in [0, 0.05) is 6.08 Å². The highest BCUT2D eigenvalue weighted by Crippen LogP contribution is 2.19. The molecule has 0 amide bonds. The van der Waals surface area contributed by atoms with Gasteiger partial charge in [-0.25, -0.2) is 4.79 Å². The van der Waals surface area contributed by atoms with Gasteiger partial charge < -0.3 is 14.2 Å². The SMILES string of the molecule is CCCCCCCCCCCOc1ccc(C=CC(=O)Oc2ccc(OCCCC)cc2)cc1. The van der Waals surface area contributed by atoms with Gasteiger partial charge in [-0.1, -0.05) is 83.8 Å². The van der Waals surface area contributed by atoms with E-state index in [4.69, 9.17) is 14.2 Å². The molecule has 0 unspecified atom stereocenters. The number of unbranched alkanes of at least 4 members (excludes halogenated alkanes) is 9. The summed E-state index contributed by atoms with van der Waals surface area (Å²) in [6.07, 6.45) is 17.1. The third kappa shape index (κ3) is 12.5. The molecule has 2 aromatic rings. The number of hydrogen-bond donors (Lipinski definition) is 0. The number of rotatable bonds is 18. The van der Waals surface area contributed by atoms with Crippen LogP contribution in [0, 0.1) is 0 Å². The second-order valence-corrected chi connectivity index (χ2v) is 8.67. The molecule has 0 fully saturated rings. The van der Waals surface area contributed by atoms with Crippen molar-refractivity contribution >= 4 is 12.0 Å². The summed E-state index contributed by atoms with van der Waals surface area (Å²) >= 11 is 0. The van der Waals surface area contributed by atoms with Gasteiger partial charge in [0.05, 0.1) is 13.2 Å². The Balaban J connectivity index is 1.61. The zero-order chi connectivity index (χ0) is 24.3. The molecule has 0 aliphatic carbocycles. The van der Waals surface area contributed by atoms with E-state index in [9.17, 15) is 4.79 Å². The van der Waals surface area contributed by atoms with Crippen LogP contribution in [0.5, 0.6) is 17.2 Å². The summed E-state index contributed by atoms with van der Waals surface area (Å²) in [7, 11) is 0. The average molecular weight is 467 g/mol. The molecule has 0 atom stereocenters. The minimum Gasteiger partial charge on any atom is -0.494 e. The Hall–Kier alpha value is -2.75. The number of carbonyl (C=O) groups is 1. The Labute approximate surface area is 206 Å². The lowest BCUT2D eigenvalue weighted by Crippen LogP contribution is -2.03. The van der Waals surface area contributed by atoms with E-state index in [1.165, 1.54) is 57.4 Å². The molecule has 0 aliphatic rings. The molecule has 2 rings (SSSR count). The molecule has 0 N–H and O–H groups in total. The number of benzene rings is 2. The van der Waals surface area contributed by atoms with Crippen molar-refractivity contribution in [3.63, 3.8) is 0 Å². The highest BCUT2D eigenvalue weighted by molar-refractivity contribution is 5.88. The van der Waals surface area contributed by atoms with Crippen LogP contribution in [0.25, 0.3) is 6.08 Å². The molecule has 0 aliphatic heterocycles. The Morgan fingerprint density at radius 2 is 1.09 bits per heavy atom. The zero-order valence-electron chi connectivity index (χ0n) is 21.1. The van der Waals surface area contributed by atoms with Crippen LogP contribution < -0.4 is 14.2 Å². The maximum Gasteiger partial charge on any atom is 0.336 e. The Morgan fingerprint density at radius 1 is 0.618 bits per heavy atom. The third-order valence-corrected chi connectivity index (χ3v) is 5.62. The summed E-state index contributed by atoms with van der Waals surface area (Å²) in [4.78, 5) is 12.1. The Bertz CT molecular complexity index is 809. The zero-order valence-corrected chi connectivity index (χ0v) is 21.1. The largest absolute Gasteiger partial charge is 0.494 e. The first-order valence-corrected chi connectivity index (χ1v) is 13.1. The number of hydrogen-bond acceptors (Lipinski definition) is 4. The van der Waals surface area contributed by atoms with Crippen molar-refractivity contribution in [2.75, 3.05) is 13.2 Å². The molecular formula is C30H42O4. The van der Waals surface area contributed by atoms with Crippen LogP contribution in [-0.4, -0.2) is 19.2 Å². The maximum atomic E-state index is 12.1. The Kier molecular flexibility index (Phi) is 14.3. The van der Waals surface area contributed by atoms with Crippen molar-refractivity contribution in [1.29, 1.82) is 0 Å². The van der Waals surface area contributed by atoms with Crippen LogP contribution in [0.2, 0.25) is 0 Å². The van der Waals surface area contributed by atoms with Crippen LogP contribution in [0.15, 0.2) is 54.6 Å². The van der Waals surface area contributed by atoms with Gasteiger partial charge in [-0.15, -0.1) is 0 Å². The van der Waals surface area contributed by atoms with E-state index in [1.54, 1.807) is 18.2 Å². The lowest BCUT2D eigenvalue weighted by molar-refractivity contribution is -0.128. The predicted molar refractivity (Wildman–Crippen MR) is 141 cm³/mol. The molecule has 0 aromatic heterocycles. The van der Waals surface area contributed by atoms with E-state index in [2.05, 4.69) is 13.8 Å². The van der Waals surface area contributed by atoms with Gasteiger partial charge in [-0.05, 0) is 60.9 Å². The molecule has 4 heteroatoms. The Morgan fingerprint density at radius 3 is 1.68 bits per heavy atom. The maximum absolute atomic E-state index is 12.1. The monoisotopic (exact) mass is 466 g/mol. The lowest BCUT2D eigenvalue weighted by Gasteiger charge is -2.07. The minimum absolute atomic E-state index is 0.412. The highest BCUT2D eigenvalue weighted by Gasteiger charge is 2.02. The van der Waals surface area contributed by atoms with Gasteiger partial charge in [0.2, 0.25) is 0 Å². The topological polar surface area (TPSA) is 44.8 Å². The summed E-state index contributed by atoms with van der Waals surface area (Å²) in [6, 6.07) is 14.9. The van der Waals surface area contributed by atoms with Crippen LogP contribution in [0.1, 0.15) is 90.0 Å². The number of esters is 1. The first-order valence-electron chi connectivity index (χ1n) is 13.1. The summed E-state index contributed by atoms with van der Waals surface area (Å²) in [5.74, 6) is 1.73. The molecule has 0 saturated carbocycles.